The van der Waals surface area contributed by atoms with Gasteiger partial charge in [0.2, 0.25) is 0 Å². The molecule has 22 heavy (non-hydrogen) atoms. The fraction of sp³-hybridized carbons (Fsp3) is 0.588. The lowest BCUT2D eigenvalue weighted by Crippen LogP contribution is -2.31. The summed E-state index contributed by atoms with van der Waals surface area (Å²) in [6, 6.07) is 7.49. The summed E-state index contributed by atoms with van der Waals surface area (Å²) in [5.41, 5.74) is 1.19. The Labute approximate surface area is 138 Å². The normalized spacial score (nSPS) is 24.4. The van der Waals surface area contributed by atoms with Gasteiger partial charge in [0.05, 0.1) is 5.56 Å². The average molecular weight is 325 g/mol. The van der Waals surface area contributed by atoms with Crippen LogP contribution in [0.15, 0.2) is 24.3 Å². The first-order valence-corrected chi connectivity index (χ1v) is 7.84. The number of nitrogens with zero attached hydrogens (tertiary/aromatic N) is 1. The minimum absolute atomic E-state index is 0. The average Bonchev–Trinajstić information content (AvgIpc) is 3.10. The summed E-state index contributed by atoms with van der Waals surface area (Å²) in [7, 11) is 0. The largest absolute Gasteiger partial charge is 0.491 e. The highest BCUT2D eigenvalue weighted by molar-refractivity contribution is 5.96. The number of carbonyl (C=O) groups excluding carboxylic acids is 1. The van der Waals surface area contributed by atoms with Crippen molar-refractivity contribution in [3.05, 3.63) is 29.8 Å². The molecule has 4 nitrogen and oxygen atoms in total. The van der Waals surface area contributed by atoms with Crippen LogP contribution in [0, 0.1) is 5.41 Å². The van der Waals surface area contributed by atoms with Crippen molar-refractivity contribution in [1.29, 1.82) is 0 Å². The predicted octanol–water partition coefficient (Wildman–Crippen LogP) is 2.38. The molecule has 3 rings (SSSR count). The van der Waals surface area contributed by atoms with Crippen LogP contribution < -0.4 is 10.1 Å². The maximum atomic E-state index is 11.6. The van der Waals surface area contributed by atoms with Crippen LogP contribution in [0.2, 0.25) is 0 Å². The van der Waals surface area contributed by atoms with Crippen LogP contribution in [0.3, 0.4) is 0 Å². The molecule has 122 valence electrons. The first-order chi connectivity index (χ1) is 10.2. The number of ether oxygens (including phenoxy) is 1. The molecule has 0 saturated carbocycles. The summed E-state index contributed by atoms with van der Waals surface area (Å²) < 4.78 is 5.83. The Morgan fingerprint density at radius 2 is 2.18 bits per heavy atom. The molecular formula is C17H25ClN2O2. The predicted molar refractivity (Wildman–Crippen MR) is 90.2 cm³/mol. The fourth-order valence-corrected chi connectivity index (χ4v) is 3.53. The van der Waals surface area contributed by atoms with E-state index in [1.165, 1.54) is 25.9 Å². The van der Waals surface area contributed by atoms with Crippen LogP contribution >= 0.6 is 12.4 Å². The van der Waals surface area contributed by atoms with Crippen LogP contribution in [0.4, 0.5) is 0 Å². The van der Waals surface area contributed by atoms with Crippen LogP contribution in [0.5, 0.6) is 5.75 Å². The van der Waals surface area contributed by atoms with Gasteiger partial charge in [-0.05, 0) is 50.4 Å². The van der Waals surface area contributed by atoms with Gasteiger partial charge in [0.15, 0.2) is 5.78 Å². The summed E-state index contributed by atoms with van der Waals surface area (Å²) in [6.07, 6.45) is 2.60. The number of likely N-dealkylation sites (tertiary alicyclic amines) is 1. The van der Waals surface area contributed by atoms with E-state index in [2.05, 4.69) is 10.2 Å². The SMILES string of the molecule is CC(=O)c1ccccc1OCCN1CCC2(CCNC2)C1.Cl. The van der Waals surface area contributed by atoms with Gasteiger partial charge in [-0.1, -0.05) is 12.1 Å². The molecule has 2 heterocycles. The Balaban J connectivity index is 0.00000176. The highest BCUT2D eigenvalue weighted by Crippen LogP contribution is 2.35. The maximum Gasteiger partial charge on any atom is 0.163 e. The van der Waals surface area contributed by atoms with E-state index in [4.69, 9.17) is 4.74 Å². The number of benzene rings is 1. The van der Waals surface area contributed by atoms with Crippen molar-refractivity contribution < 1.29 is 9.53 Å². The minimum Gasteiger partial charge on any atom is -0.491 e. The van der Waals surface area contributed by atoms with Crippen LogP contribution in [0.25, 0.3) is 0 Å². The van der Waals surface area contributed by atoms with Gasteiger partial charge in [-0.2, -0.15) is 0 Å². The number of nitrogens with one attached hydrogen (secondary N) is 1. The van der Waals surface area contributed by atoms with Gasteiger partial charge in [0.1, 0.15) is 12.4 Å². The van der Waals surface area contributed by atoms with E-state index in [1.54, 1.807) is 6.92 Å². The molecule has 2 fully saturated rings. The van der Waals surface area contributed by atoms with E-state index < -0.39 is 0 Å². The molecule has 1 unspecified atom stereocenters. The van der Waals surface area contributed by atoms with Crippen molar-refractivity contribution in [2.75, 3.05) is 39.3 Å². The molecule has 1 spiro atoms. The zero-order valence-corrected chi connectivity index (χ0v) is 14.0. The monoisotopic (exact) mass is 324 g/mol. The van der Waals surface area contributed by atoms with E-state index in [1.807, 2.05) is 24.3 Å². The molecule has 1 N–H and O–H groups in total. The summed E-state index contributed by atoms with van der Waals surface area (Å²) in [6.45, 7) is 7.84. The number of hydrogen-bond acceptors (Lipinski definition) is 4. The zero-order valence-electron chi connectivity index (χ0n) is 13.1. The van der Waals surface area contributed by atoms with Gasteiger partial charge in [0, 0.05) is 19.6 Å². The van der Waals surface area contributed by atoms with Crippen molar-refractivity contribution in [3.63, 3.8) is 0 Å². The molecule has 0 aliphatic carbocycles. The summed E-state index contributed by atoms with van der Waals surface area (Å²) in [4.78, 5) is 14.0. The fourth-order valence-electron chi connectivity index (χ4n) is 3.53. The molecule has 2 saturated heterocycles. The smallest absolute Gasteiger partial charge is 0.163 e. The molecule has 5 heteroatoms. The number of hydrogen-bond donors (Lipinski definition) is 1. The molecule has 2 aliphatic heterocycles. The van der Waals surface area contributed by atoms with Crippen molar-refractivity contribution in [1.82, 2.24) is 10.2 Å². The molecule has 0 aromatic heterocycles. The standard InChI is InChI=1S/C17H24N2O2.ClH/c1-14(20)15-4-2-3-5-16(15)21-11-10-19-9-7-17(13-19)6-8-18-12-17;/h2-5,18H,6-13H2,1H3;1H. The lowest BCUT2D eigenvalue weighted by molar-refractivity contribution is 0.101. The number of carbonyl (C=O) groups is 1. The molecule has 1 atom stereocenters. The molecule has 1 aromatic rings. The first-order valence-electron chi connectivity index (χ1n) is 7.84. The third kappa shape index (κ3) is 3.80. The molecule has 1 aromatic carbocycles. The summed E-state index contributed by atoms with van der Waals surface area (Å²) in [5.74, 6) is 0.768. The van der Waals surface area contributed by atoms with Gasteiger partial charge in [-0.25, -0.2) is 0 Å². The second-order valence-electron chi connectivity index (χ2n) is 6.35. The van der Waals surface area contributed by atoms with E-state index in [9.17, 15) is 4.79 Å². The van der Waals surface area contributed by atoms with Gasteiger partial charge < -0.3 is 10.1 Å². The topological polar surface area (TPSA) is 41.6 Å². The molecule has 0 amide bonds. The number of Topliss-reactive ketones (excluding diaryl/α,β-unsaturated/α-hetero) is 1. The quantitative estimate of drug-likeness (QED) is 0.844. The second kappa shape index (κ2) is 7.44. The third-order valence-corrected chi connectivity index (χ3v) is 4.78. The lowest BCUT2D eigenvalue weighted by Gasteiger charge is -2.22. The molecule has 0 radical (unpaired) electrons. The molecule has 0 bridgehead atoms. The van der Waals surface area contributed by atoms with Gasteiger partial charge >= 0.3 is 0 Å². The van der Waals surface area contributed by atoms with Crippen molar-refractivity contribution in [2.45, 2.75) is 19.8 Å². The third-order valence-electron chi connectivity index (χ3n) is 4.78. The second-order valence-corrected chi connectivity index (χ2v) is 6.35. The number of ketones is 1. The van der Waals surface area contributed by atoms with Crippen LogP contribution in [-0.4, -0.2) is 50.0 Å². The number of halogens is 1. The maximum absolute atomic E-state index is 11.6. The summed E-state index contributed by atoms with van der Waals surface area (Å²) in [5, 5.41) is 3.48. The van der Waals surface area contributed by atoms with E-state index >= 15 is 0 Å². The van der Waals surface area contributed by atoms with E-state index in [-0.39, 0.29) is 18.2 Å². The number of para-hydroxylation sites is 1. The van der Waals surface area contributed by atoms with Gasteiger partial charge in [0.25, 0.3) is 0 Å². The van der Waals surface area contributed by atoms with Gasteiger partial charge in [-0.15, -0.1) is 12.4 Å². The highest BCUT2D eigenvalue weighted by atomic mass is 35.5. The van der Waals surface area contributed by atoms with Crippen LogP contribution in [-0.2, 0) is 0 Å². The van der Waals surface area contributed by atoms with Crippen LogP contribution in [0.1, 0.15) is 30.1 Å². The Morgan fingerprint density at radius 1 is 1.36 bits per heavy atom. The summed E-state index contributed by atoms with van der Waals surface area (Å²) >= 11 is 0. The first kappa shape index (κ1) is 17.3. The Hall–Kier alpha value is -1.10. The lowest BCUT2D eigenvalue weighted by atomic mass is 9.87. The number of rotatable bonds is 5. The Kier molecular flexibility index (Phi) is 5.84. The Morgan fingerprint density at radius 3 is 2.91 bits per heavy atom. The van der Waals surface area contributed by atoms with E-state index in [0.717, 1.165) is 19.6 Å². The highest BCUT2D eigenvalue weighted by Gasteiger charge is 2.39. The van der Waals surface area contributed by atoms with Gasteiger partial charge in [-0.3, -0.25) is 9.69 Å². The minimum atomic E-state index is 0. The van der Waals surface area contributed by atoms with E-state index in [0.29, 0.717) is 23.3 Å². The Bertz CT molecular complexity index is 515. The zero-order chi connectivity index (χ0) is 14.7. The molecular weight excluding hydrogens is 300 g/mol. The molecule has 2 aliphatic rings. The van der Waals surface area contributed by atoms with Crippen molar-refractivity contribution >= 4 is 18.2 Å². The van der Waals surface area contributed by atoms with Crippen molar-refractivity contribution in [2.24, 2.45) is 5.41 Å². The van der Waals surface area contributed by atoms with Crippen molar-refractivity contribution in [3.8, 4) is 5.75 Å².